The summed E-state index contributed by atoms with van der Waals surface area (Å²) in [4.78, 5) is 17.7. The van der Waals surface area contributed by atoms with Crippen molar-refractivity contribution >= 4 is 55.8 Å². The van der Waals surface area contributed by atoms with Crippen LogP contribution in [0.5, 0.6) is 0 Å². The summed E-state index contributed by atoms with van der Waals surface area (Å²) in [7, 11) is 0. The number of imidazole rings is 1. The average Bonchev–Trinajstić information content (AvgIpc) is 3.75. The standard InChI is InChI=1S/C28H25N9S2/c1-18-34-35-27(39-18)31-21-6-4-5-19(17-21)24-25(37-15-16-38-28(37)33-24)23-11-12-29-26(32-23)30-20-7-9-22(10-8-20)36-13-2-3-14-36/h4-12,15-17H,2-3,13-14H2,1H3,(H,31,35)(H,29,30,32). The summed E-state index contributed by atoms with van der Waals surface area (Å²) in [6.07, 6.45) is 6.34. The molecule has 6 aromatic rings. The predicted octanol–water partition coefficient (Wildman–Crippen LogP) is 6.77. The van der Waals surface area contributed by atoms with E-state index in [1.54, 1.807) is 17.5 Å². The summed E-state index contributed by atoms with van der Waals surface area (Å²) in [5, 5.41) is 18.7. The van der Waals surface area contributed by atoms with Crippen LogP contribution in [-0.2, 0) is 0 Å². The normalized spacial score (nSPS) is 13.3. The molecule has 2 N–H and O–H groups in total. The summed E-state index contributed by atoms with van der Waals surface area (Å²) in [5.74, 6) is 0.541. The molecule has 4 aromatic heterocycles. The first-order chi connectivity index (χ1) is 19.2. The van der Waals surface area contributed by atoms with Gasteiger partial charge >= 0.3 is 0 Å². The molecule has 194 valence electrons. The zero-order valence-corrected chi connectivity index (χ0v) is 22.8. The molecule has 1 saturated heterocycles. The van der Waals surface area contributed by atoms with Crippen LogP contribution in [0.15, 0.2) is 72.4 Å². The predicted molar refractivity (Wildman–Crippen MR) is 159 cm³/mol. The monoisotopic (exact) mass is 551 g/mol. The van der Waals surface area contributed by atoms with Crippen molar-refractivity contribution in [2.45, 2.75) is 19.8 Å². The molecule has 1 fully saturated rings. The minimum Gasteiger partial charge on any atom is -0.372 e. The van der Waals surface area contributed by atoms with E-state index in [9.17, 15) is 0 Å². The lowest BCUT2D eigenvalue weighted by molar-refractivity contribution is 0.949. The zero-order valence-electron chi connectivity index (χ0n) is 21.2. The van der Waals surface area contributed by atoms with E-state index in [0.29, 0.717) is 5.95 Å². The lowest BCUT2D eigenvalue weighted by atomic mass is 10.1. The molecule has 2 aromatic carbocycles. The van der Waals surface area contributed by atoms with Crippen LogP contribution in [0.3, 0.4) is 0 Å². The molecule has 1 aliphatic rings. The molecule has 0 unspecified atom stereocenters. The van der Waals surface area contributed by atoms with Gasteiger partial charge < -0.3 is 15.5 Å². The number of nitrogens with zero attached hydrogens (tertiary/aromatic N) is 7. The van der Waals surface area contributed by atoms with Gasteiger partial charge in [-0.05, 0) is 62.2 Å². The van der Waals surface area contributed by atoms with Gasteiger partial charge in [-0.3, -0.25) is 4.40 Å². The highest BCUT2D eigenvalue weighted by atomic mass is 32.1. The van der Waals surface area contributed by atoms with Gasteiger partial charge in [0, 0.05) is 53.5 Å². The largest absolute Gasteiger partial charge is 0.372 e. The Morgan fingerprint density at radius 1 is 0.897 bits per heavy atom. The van der Waals surface area contributed by atoms with E-state index in [1.807, 2.05) is 36.7 Å². The maximum Gasteiger partial charge on any atom is 0.227 e. The van der Waals surface area contributed by atoms with Gasteiger partial charge in [0.25, 0.3) is 0 Å². The van der Waals surface area contributed by atoms with Gasteiger partial charge in [-0.1, -0.05) is 23.5 Å². The summed E-state index contributed by atoms with van der Waals surface area (Å²) in [6, 6.07) is 18.6. The molecule has 5 heterocycles. The molecule has 7 rings (SSSR count). The van der Waals surface area contributed by atoms with Crippen LogP contribution < -0.4 is 15.5 Å². The van der Waals surface area contributed by atoms with Crippen LogP contribution in [0.4, 0.5) is 28.1 Å². The van der Waals surface area contributed by atoms with Crippen LogP contribution >= 0.6 is 22.7 Å². The van der Waals surface area contributed by atoms with Gasteiger partial charge in [-0.2, -0.15) is 0 Å². The van der Waals surface area contributed by atoms with E-state index in [0.717, 1.165) is 62.2 Å². The van der Waals surface area contributed by atoms with Gasteiger partial charge in [0.15, 0.2) is 4.96 Å². The fourth-order valence-electron chi connectivity index (χ4n) is 4.86. The second-order valence-corrected chi connectivity index (χ2v) is 11.4. The molecule has 1 aliphatic heterocycles. The number of hydrogen-bond donors (Lipinski definition) is 2. The molecule has 9 nitrogen and oxygen atoms in total. The van der Waals surface area contributed by atoms with Crippen LogP contribution in [0.25, 0.3) is 27.6 Å². The summed E-state index contributed by atoms with van der Waals surface area (Å²) < 4.78 is 2.09. The first-order valence-corrected chi connectivity index (χ1v) is 14.5. The molecule has 0 spiro atoms. The van der Waals surface area contributed by atoms with E-state index in [-0.39, 0.29) is 0 Å². The van der Waals surface area contributed by atoms with Gasteiger partial charge in [-0.25, -0.2) is 15.0 Å². The van der Waals surface area contributed by atoms with E-state index in [4.69, 9.17) is 9.97 Å². The molecule has 0 atom stereocenters. The Labute approximate surface area is 233 Å². The number of rotatable bonds is 7. The lowest BCUT2D eigenvalue weighted by Crippen LogP contribution is -2.17. The zero-order chi connectivity index (χ0) is 26.2. The fraction of sp³-hybridized carbons (Fsp3) is 0.179. The van der Waals surface area contributed by atoms with Crippen molar-refractivity contribution in [2.75, 3.05) is 28.6 Å². The lowest BCUT2D eigenvalue weighted by Gasteiger charge is -2.17. The van der Waals surface area contributed by atoms with Gasteiger partial charge in [0.2, 0.25) is 11.1 Å². The van der Waals surface area contributed by atoms with E-state index in [2.05, 4.69) is 71.5 Å². The van der Waals surface area contributed by atoms with Crippen molar-refractivity contribution in [1.29, 1.82) is 0 Å². The Bertz CT molecular complexity index is 1750. The number of anilines is 5. The second-order valence-electron chi connectivity index (χ2n) is 9.33. The SMILES string of the molecule is Cc1nnc(Nc2cccc(-c3nc4sccn4c3-c3ccnc(Nc4ccc(N5CCCC5)cc4)n3)c2)s1. The summed E-state index contributed by atoms with van der Waals surface area (Å²) in [5.41, 5.74) is 6.69. The van der Waals surface area contributed by atoms with E-state index < -0.39 is 0 Å². The van der Waals surface area contributed by atoms with E-state index >= 15 is 0 Å². The van der Waals surface area contributed by atoms with Crippen molar-refractivity contribution in [1.82, 2.24) is 29.5 Å². The van der Waals surface area contributed by atoms with Crippen LogP contribution in [0, 0.1) is 6.92 Å². The molecule has 0 bridgehead atoms. The molecule has 11 heteroatoms. The number of fused-ring (bicyclic) bond motifs is 1. The summed E-state index contributed by atoms with van der Waals surface area (Å²) in [6.45, 7) is 4.20. The maximum absolute atomic E-state index is 4.98. The first kappa shape index (κ1) is 23.7. The molecule has 0 radical (unpaired) electrons. The van der Waals surface area contributed by atoms with Crippen molar-refractivity contribution in [3.05, 3.63) is 77.4 Å². The van der Waals surface area contributed by atoms with E-state index in [1.165, 1.54) is 29.9 Å². The number of thiazole rings is 1. The number of aryl methyl sites for hydroxylation is 1. The van der Waals surface area contributed by atoms with Crippen molar-refractivity contribution in [3.63, 3.8) is 0 Å². The number of aromatic nitrogens is 6. The van der Waals surface area contributed by atoms with Gasteiger partial charge in [0.1, 0.15) is 10.7 Å². The minimum atomic E-state index is 0.541. The van der Waals surface area contributed by atoms with Crippen LogP contribution in [-0.4, -0.2) is 42.6 Å². The Morgan fingerprint density at radius 2 is 1.77 bits per heavy atom. The third-order valence-corrected chi connectivity index (χ3v) is 8.18. The summed E-state index contributed by atoms with van der Waals surface area (Å²) >= 11 is 3.12. The number of benzene rings is 2. The number of hydrogen-bond acceptors (Lipinski definition) is 10. The average molecular weight is 552 g/mol. The van der Waals surface area contributed by atoms with Gasteiger partial charge in [-0.15, -0.1) is 21.5 Å². The Morgan fingerprint density at radius 3 is 2.59 bits per heavy atom. The van der Waals surface area contributed by atoms with Crippen molar-refractivity contribution in [2.24, 2.45) is 0 Å². The Kier molecular flexibility index (Phi) is 6.14. The van der Waals surface area contributed by atoms with Crippen LogP contribution in [0.2, 0.25) is 0 Å². The highest BCUT2D eigenvalue weighted by Crippen LogP contribution is 2.35. The molecule has 0 saturated carbocycles. The first-order valence-electron chi connectivity index (χ1n) is 12.8. The van der Waals surface area contributed by atoms with Crippen molar-refractivity contribution in [3.8, 4) is 22.6 Å². The molecule has 39 heavy (non-hydrogen) atoms. The molecular weight excluding hydrogens is 527 g/mol. The highest BCUT2D eigenvalue weighted by molar-refractivity contribution is 7.15. The second kappa shape index (κ2) is 10.1. The Hall–Kier alpha value is -4.35. The Balaban J connectivity index is 1.20. The smallest absolute Gasteiger partial charge is 0.227 e. The van der Waals surface area contributed by atoms with Crippen molar-refractivity contribution < 1.29 is 0 Å². The fourth-order valence-corrected chi connectivity index (χ4v) is 6.18. The molecule has 0 amide bonds. The molecule has 0 aliphatic carbocycles. The number of nitrogens with one attached hydrogen (secondary N) is 2. The quantitative estimate of drug-likeness (QED) is 0.224. The third kappa shape index (κ3) is 4.82. The van der Waals surface area contributed by atoms with Gasteiger partial charge in [0.05, 0.1) is 11.4 Å². The third-order valence-electron chi connectivity index (χ3n) is 6.67. The highest BCUT2D eigenvalue weighted by Gasteiger charge is 2.19. The topological polar surface area (TPSA) is 96.2 Å². The maximum atomic E-state index is 4.98. The minimum absolute atomic E-state index is 0.541. The molecular formula is C28H25N9S2. The van der Waals surface area contributed by atoms with Crippen LogP contribution in [0.1, 0.15) is 17.8 Å².